The van der Waals surface area contributed by atoms with Crippen molar-refractivity contribution in [2.45, 2.75) is 51.2 Å². The van der Waals surface area contributed by atoms with Crippen LogP contribution in [-0.2, 0) is 11.7 Å². The molecule has 1 fully saturated rings. The molecule has 2 heterocycles. The third kappa shape index (κ3) is 5.52. The van der Waals surface area contributed by atoms with Gasteiger partial charge in [-0.25, -0.2) is 9.97 Å². The van der Waals surface area contributed by atoms with Crippen LogP contribution >= 0.6 is 0 Å². The quantitative estimate of drug-likeness (QED) is 0.456. The Labute approximate surface area is 184 Å². The fourth-order valence-corrected chi connectivity index (χ4v) is 3.24. The van der Waals surface area contributed by atoms with Gasteiger partial charge in [0.15, 0.2) is 0 Å². The Morgan fingerprint density at radius 2 is 1.61 bits per heavy atom. The molecule has 33 heavy (non-hydrogen) atoms. The lowest BCUT2D eigenvalue weighted by atomic mass is 9.71. The third-order valence-corrected chi connectivity index (χ3v) is 4.75. The number of ether oxygens (including phenoxy) is 1. The number of anilines is 1. The second kappa shape index (κ2) is 9.24. The van der Waals surface area contributed by atoms with Gasteiger partial charge in [-0.3, -0.25) is 0 Å². The molecule has 0 saturated heterocycles. The van der Waals surface area contributed by atoms with E-state index in [1.807, 2.05) is 13.8 Å². The summed E-state index contributed by atoms with van der Waals surface area (Å²) in [6.45, 7) is 4.00. The monoisotopic (exact) mass is 475 g/mol. The van der Waals surface area contributed by atoms with Crippen LogP contribution in [0.15, 0.2) is 41.1 Å². The number of aromatic nitrogens is 4. The molecule has 0 atom stereocenters. The number of alkyl halides is 6. The smallest absolute Gasteiger partial charge is 0.413 e. The number of hydrogen-bond acceptors (Lipinski definition) is 7. The molecule has 0 aliphatic heterocycles. The highest BCUT2D eigenvalue weighted by atomic mass is 19.4. The fourth-order valence-electron chi connectivity index (χ4n) is 3.24. The summed E-state index contributed by atoms with van der Waals surface area (Å²) >= 11 is 0. The minimum atomic E-state index is -4.85. The first-order valence-corrected chi connectivity index (χ1v) is 9.92. The molecule has 0 bridgehead atoms. The first kappa shape index (κ1) is 24.3. The lowest BCUT2D eigenvalue weighted by Crippen LogP contribution is -2.43. The summed E-state index contributed by atoms with van der Waals surface area (Å²) in [6, 6.07) is 5.78. The summed E-state index contributed by atoms with van der Waals surface area (Å²) in [7, 11) is 0. The molecular formula is C20H19F6N5O2. The first-order chi connectivity index (χ1) is 15.6. The molecule has 0 amide bonds. The van der Waals surface area contributed by atoms with E-state index in [1.54, 1.807) is 6.07 Å². The molecule has 1 aromatic carbocycles. The highest BCUT2D eigenvalue weighted by molar-refractivity contribution is 5.52. The Morgan fingerprint density at radius 1 is 0.970 bits per heavy atom. The molecule has 1 aliphatic rings. The number of halogens is 6. The fraction of sp³-hybridized carbons (Fsp3) is 0.400. The number of para-hydroxylation sites is 1. The maximum atomic E-state index is 12.8. The number of benzene rings is 1. The van der Waals surface area contributed by atoms with E-state index in [0.717, 1.165) is 6.42 Å². The van der Waals surface area contributed by atoms with Gasteiger partial charge < -0.3 is 14.5 Å². The lowest BCUT2D eigenvalue weighted by molar-refractivity contribution is -0.275. The lowest BCUT2D eigenvalue weighted by Gasteiger charge is -2.43. The molecule has 1 saturated carbocycles. The second-order valence-corrected chi connectivity index (χ2v) is 6.81. The molecular weight excluding hydrogens is 456 g/mol. The van der Waals surface area contributed by atoms with E-state index in [-0.39, 0.29) is 17.3 Å². The summed E-state index contributed by atoms with van der Waals surface area (Å²) in [5, 5.41) is 9.27. The van der Waals surface area contributed by atoms with Crippen LogP contribution in [0.5, 0.6) is 5.75 Å². The van der Waals surface area contributed by atoms with Crippen LogP contribution in [0, 0.1) is 0 Å². The molecule has 4 rings (SSSR count). The molecule has 1 N–H and O–H groups in total. The van der Waals surface area contributed by atoms with Gasteiger partial charge in [0.25, 0.3) is 5.89 Å². The number of nitrogens with zero attached hydrogens (tertiary/aromatic N) is 4. The zero-order chi connectivity index (χ0) is 24.3. The average Bonchev–Trinajstić information content (AvgIpc) is 3.23. The van der Waals surface area contributed by atoms with Crippen LogP contribution in [0.1, 0.15) is 44.6 Å². The van der Waals surface area contributed by atoms with Crippen LogP contribution in [0.3, 0.4) is 0 Å². The maximum absolute atomic E-state index is 12.8. The molecule has 3 aromatic rings. The first-order valence-electron chi connectivity index (χ1n) is 9.92. The average molecular weight is 475 g/mol. The zero-order valence-electron chi connectivity index (χ0n) is 17.5. The van der Waals surface area contributed by atoms with E-state index in [1.165, 1.54) is 30.6 Å². The standard InChI is InChI=1S/C18H13F6N5O2.C2H6/c19-17(20,21)14-29-28-13(30-14)10-8-25-15(26-9-10)27-16(6-3-7-16)11-4-1-2-5-12(11)31-18(22,23)24;1-2/h1-2,4-5,8-9H,3,6-7H2,(H,25,26,27);1-2H3. The van der Waals surface area contributed by atoms with Gasteiger partial charge in [-0.2, -0.15) is 13.2 Å². The molecule has 0 radical (unpaired) electrons. The van der Waals surface area contributed by atoms with Gasteiger partial charge in [0, 0.05) is 18.0 Å². The van der Waals surface area contributed by atoms with Crippen molar-refractivity contribution in [1.82, 2.24) is 20.2 Å². The zero-order valence-corrected chi connectivity index (χ0v) is 17.5. The van der Waals surface area contributed by atoms with E-state index in [9.17, 15) is 26.3 Å². The summed E-state index contributed by atoms with van der Waals surface area (Å²) in [6.07, 6.45) is -5.51. The molecule has 0 unspecified atom stereocenters. The predicted molar refractivity (Wildman–Crippen MR) is 104 cm³/mol. The van der Waals surface area contributed by atoms with Crippen molar-refractivity contribution in [3.63, 3.8) is 0 Å². The van der Waals surface area contributed by atoms with Crippen LogP contribution in [0.25, 0.3) is 11.5 Å². The Bertz CT molecular complexity index is 1060. The maximum Gasteiger partial charge on any atom is 0.573 e. The van der Waals surface area contributed by atoms with E-state index in [4.69, 9.17) is 0 Å². The summed E-state index contributed by atoms with van der Waals surface area (Å²) in [4.78, 5) is 8.06. The van der Waals surface area contributed by atoms with Crippen LogP contribution in [-0.4, -0.2) is 26.5 Å². The van der Waals surface area contributed by atoms with Crippen molar-refractivity contribution in [1.29, 1.82) is 0 Å². The van der Waals surface area contributed by atoms with E-state index < -0.39 is 29.9 Å². The Morgan fingerprint density at radius 3 is 2.12 bits per heavy atom. The van der Waals surface area contributed by atoms with Crippen LogP contribution < -0.4 is 10.1 Å². The van der Waals surface area contributed by atoms with Gasteiger partial charge in [-0.1, -0.05) is 32.0 Å². The van der Waals surface area contributed by atoms with Crippen molar-refractivity contribution >= 4 is 5.95 Å². The highest BCUT2D eigenvalue weighted by Crippen LogP contribution is 2.47. The third-order valence-electron chi connectivity index (χ3n) is 4.75. The van der Waals surface area contributed by atoms with Gasteiger partial charge >= 0.3 is 18.4 Å². The van der Waals surface area contributed by atoms with Crippen LogP contribution in [0.4, 0.5) is 32.3 Å². The van der Waals surface area contributed by atoms with Crippen molar-refractivity contribution in [2.75, 3.05) is 5.32 Å². The van der Waals surface area contributed by atoms with E-state index >= 15 is 0 Å². The van der Waals surface area contributed by atoms with E-state index in [0.29, 0.717) is 18.4 Å². The van der Waals surface area contributed by atoms with Crippen molar-refractivity contribution in [3.05, 3.63) is 48.1 Å². The SMILES string of the molecule is CC.FC(F)(F)Oc1ccccc1C1(Nc2ncc(-c3nnc(C(F)(F)F)o3)cn2)CCC1. The molecule has 7 nitrogen and oxygen atoms in total. The Balaban J connectivity index is 0.00000149. The highest BCUT2D eigenvalue weighted by Gasteiger charge is 2.43. The van der Waals surface area contributed by atoms with Gasteiger partial charge in [-0.05, 0) is 25.3 Å². The molecule has 13 heteroatoms. The number of hydrogen-bond donors (Lipinski definition) is 1. The normalized spacial score (nSPS) is 15.2. The van der Waals surface area contributed by atoms with E-state index in [2.05, 4.69) is 34.6 Å². The topological polar surface area (TPSA) is 86.0 Å². The molecule has 2 aromatic heterocycles. The molecule has 1 aliphatic carbocycles. The van der Waals surface area contributed by atoms with Gasteiger partial charge in [0.1, 0.15) is 5.75 Å². The Kier molecular flexibility index (Phi) is 6.79. The van der Waals surface area contributed by atoms with Crippen molar-refractivity contribution in [2.24, 2.45) is 0 Å². The summed E-state index contributed by atoms with van der Waals surface area (Å²) in [5.41, 5.74) is -0.521. The number of nitrogens with one attached hydrogen (secondary N) is 1. The predicted octanol–water partition coefficient (Wildman–Crippen LogP) is 5.96. The minimum absolute atomic E-state index is 0.0528. The summed E-state index contributed by atoms with van der Waals surface area (Å²) in [5.74, 6) is -2.18. The van der Waals surface area contributed by atoms with Gasteiger partial charge in [-0.15, -0.1) is 23.4 Å². The molecule has 0 spiro atoms. The Hall–Kier alpha value is -3.38. The summed E-state index contributed by atoms with van der Waals surface area (Å²) < 4.78 is 84.8. The van der Waals surface area contributed by atoms with Gasteiger partial charge in [0.2, 0.25) is 5.95 Å². The number of rotatable bonds is 5. The molecule has 178 valence electrons. The minimum Gasteiger partial charge on any atom is -0.413 e. The largest absolute Gasteiger partial charge is 0.573 e. The van der Waals surface area contributed by atoms with Crippen molar-refractivity contribution < 1.29 is 35.5 Å². The van der Waals surface area contributed by atoms with Gasteiger partial charge in [0.05, 0.1) is 11.1 Å². The van der Waals surface area contributed by atoms with Crippen LogP contribution in [0.2, 0.25) is 0 Å². The second-order valence-electron chi connectivity index (χ2n) is 6.81. The van der Waals surface area contributed by atoms with Crippen molar-refractivity contribution in [3.8, 4) is 17.2 Å².